The first-order valence-electron chi connectivity index (χ1n) is 5.46. The molecule has 1 rings (SSSR count). The van der Waals surface area contributed by atoms with Crippen LogP contribution < -0.4 is 0 Å². The Bertz CT molecular complexity index is 214. The summed E-state index contributed by atoms with van der Waals surface area (Å²) < 4.78 is 5.27. The number of aliphatic hydroxyl groups is 2. The van der Waals surface area contributed by atoms with Crippen LogP contribution in [0.2, 0.25) is 0 Å². The Hall–Kier alpha value is -0.640. The van der Waals surface area contributed by atoms with Crippen LogP contribution in [0.1, 0.15) is 56.4 Å². The van der Waals surface area contributed by atoms with Gasteiger partial charge in [-0.15, -0.1) is 6.58 Å². The molecule has 20 heavy (non-hydrogen) atoms. The van der Waals surface area contributed by atoms with Crippen LogP contribution in [0, 0.1) is 5.92 Å². The average Bonchev–Trinajstić information content (AvgIpc) is 3.01. The molecule has 3 atom stereocenters. The first kappa shape index (κ1) is 31.6. The Morgan fingerprint density at radius 2 is 1.60 bits per heavy atom. The van der Waals surface area contributed by atoms with Crippen molar-refractivity contribution >= 4 is 0 Å². The molecule has 1 fully saturated rings. The lowest BCUT2D eigenvalue weighted by Gasteiger charge is -2.08. The second-order valence-electron chi connectivity index (χ2n) is 3.86. The second-order valence-corrected chi connectivity index (χ2v) is 3.86. The predicted octanol–water partition coefficient (Wildman–Crippen LogP) is 4.45. The lowest BCUT2D eigenvalue weighted by Crippen LogP contribution is -2.05. The van der Waals surface area contributed by atoms with E-state index in [4.69, 9.17) is 14.9 Å². The monoisotopic (exact) mass is 292 g/mol. The highest BCUT2D eigenvalue weighted by Crippen LogP contribution is 2.30. The van der Waals surface area contributed by atoms with E-state index in [1.807, 2.05) is 12.2 Å². The maximum atomic E-state index is 8.82. The third-order valence-corrected chi connectivity index (χ3v) is 2.71. The van der Waals surface area contributed by atoms with E-state index in [1.165, 1.54) is 0 Å². The van der Waals surface area contributed by atoms with E-state index in [9.17, 15) is 0 Å². The molecule has 1 aliphatic rings. The molecule has 1 aliphatic heterocycles. The SMILES string of the molecule is C.C.C.C.C.C=CC(CC/C=C\CO)CC1OC1CO. The molecule has 126 valence electrons. The molecule has 0 aromatic rings. The zero-order chi connectivity index (χ0) is 11.1. The number of epoxide rings is 1. The first-order chi connectivity index (χ1) is 7.31. The van der Waals surface area contributed by atoms with E-state index >= 15 is 0 Å². The third-order valence-electron chi connectivity index (χ3n) is 2.71. The van der Waals surface area contributed by atoms with Crippen molar-refractivity contribution in [2.45, 2.75) is 68.6 Å². The second kappa shape index (κ2) is 18.4. The Balaban J connectivity index is -0.000000150. The molecular formula is C17H40O3. The van der Waals surface area contributed by atoms with Gasteiger partial charge in [-0.2, -0.15) is 0 Å². The van der Waals surface area contributed by atoms with Crippen molar-refractivity contribution in [1.82, 2.24) is 0 Å². The van der Waals surface area contributed by atoms with E-state index in [0.717, 1.165) is 19.3 Å². The Kier molecular flexibility index (Phi) is 29.1. The largest absolute Gasteiger partial charge is 0.394 e. The fraction of sp³-hybridized carbons (Fsp3) is 0.765. The quantitative estimate of drug-likeness (QED) is 0.513. The van der Waals surface area contributed by atoms with Gasteiger partial charge >= 0.3 is 0 Å². The predicted molar refractivity (Wildman–Crippen MR) is 93.2 cm³/mol. The van der Waals surface area contributed by atoms with Gasteiger partial charge in [-0.25, -0.2) is 0 Å². The molecule has 3 heteroatoms. The van der Waals surface area contributed by atoms with Crippen LogP contribution in [0.4, 0.5) is 0 Å². The maximum Gasteiger partial charge on any atom is 0.107 e. The van der Waals surface area contributed by atoms with Gasteiger partial charge in [0.25, 0.3) is 0 Å². The molecule has 2 N–H and O–H groups in total. The maximum absolute atomic E-state index is 8.82. The van der Waals surface area contributed by atoms with Gasteiger partial charge in [0, 0.05) is 0 Å². The molecular weight excluding hydrogens is 252 g/mol. The van der Waals surface area contributed by atoms with Crippen molar-refractivity contribution in [2.75, 3.05) is 13.2 Å². The van der Waals surface area contributed by atoms with Gasteiger partial charge in [-0.1, -0.05) is 55.4 Å². The Morgan fingerprint density at radius 1 is 1.00 bits per heavy atom. The summed E-state index contributed by atoms with van der Waals surface area (Å²) in [6.07, 6.45) is 8.88. The summed E-state index contributed by atoms with van der Waals surface area (Å²) in [6.45, 7) is 4.03. The van der Waals surface area contributed by atoms with E-state index in [0.29, 0.717) is 5.92 Å². The highest BCUT2D eigenvalue weighted by molar-refractivity contribution is 4.92. The summed E-state index contributed by atoms with van der Waals surface area (Å²) in [6, 6.07) is 0. The van der Waals surface area contributed by atoms with Gasteiger partial charge in [0.15, 0.2) is 0 Å². The highest BCUT2D eigenvalue weighted by Gasteiger charge is 2.38. The molecule has 1 saturated heterocycles. The van der Waals surface area contributed by atoms with Crippen LogP contribution in [0.25, 0.3) is 0 Å². The van der Waals surface area contributed by atoms with Gasteiger partial charge in [-0.3, -0.25) is 0 Å². The highest BCUT2D eigenvalue weighted by atomic mass is 16.6. The molecule has 0 aromatic heterocycles. The van der Waals surface area contributed by atoms with Crippen molar-refractivity contribution in [3.05, 3.63) is 24.8 Å². The minimum absolute atomic E-state index is 0. The van der Waals surface area contributed by atoms with Crippen molar-refractivity contribution in [1.29, 1.82) is 0 Å². The lowest BCUT2D eigenvalue weighted by molar-refractivity contribution is 0.241. The Labute approximate surface area is 128 Å². The summed E-state index contributed by atoms with van der Waals surface area (Å²) in [5.41, 5.74) is 0. The fourth-order valence-corrected chi connectivity index (χ4v) is 1.68. The van der Waals surface area contributed by atoms with Crippen molar-refractivity contribution in [3.63, 3.8) is 0 Å². The van der Waals surface area contributed by atoms with Crippen molar-refractivity contribution < 1.29 is 14.9 Å². The van der Waals surface area contributed by atoms with E-state index in [2.05, 4.69) is 6.58 Å². The van der Waals surface area contributed by atoms with Crippen molar-refractivity contribution in [3.8, 4) is 0 Å². The zero-order valence-electron chi connectivity index (χ0n) is 9.01. The van der Waals surface area contributed by atoms with Gasteiger partial charge in [-0.05, 0) is 25.2 Å². The third kappa shape index (κ3) is 12.4. The van der Waals surface area contributed by atoms with Gasteiger partial charge in [0.1, 0.15) is 6.10 Å². The molecule has 0 spiro atoms. The van der Waals surface area contributed by atoms with Crippen LogP contribution in [0.5, 0.6) is 0 Å². The molecule has 3 unspecified atom stereocenters. The van der Waals surface area contributed by atoms with Crippen LogP contribution in [0.15, 0.2) is 24.8 Å². The van der Waals surface area contributed by atoms with E-state index in [1.54, 1.807) is 6.08 Å². The van der Waals surface area contributed by atoms with Crippen LogP contribution in [0.3, 0.4) is 0 Å². The minimum Gasteiger partial charge on any atom is -0.394 e. The molecule has 0 amide bonds. The smallest absolute Gasteiger partial charge is 0.107 e. The summed E-state index contributed by atoms with van der Waals surface area (Å²) in [5, 5.41) is 17.4. The average molecular weight is 293 g/mol. The summed E-state index contributed by atoms with van der Waals surface area (Å²) in [5.74, 6) is 0.440. The first-order valence-corrected chi connectivity index (χ1v) is 5.46. The van der Waals surface area contributed by atoms with E-state index in [-0.39, 0.29) is 62.6 Å². The normalized spacial score (nSPS) is 20.1. The molecule has 0 radical (unpaired) electrons. The molecule has 0 bridgehead atoms. The zero-order valence-corrected chi connectivity index (χ0v) is 9.01. The molecule has 0 saturated carbocycles. The summed E-state index contributed by atoms with van der Waals surface area (Å²) in [7, 11) is 0. The van der Waals surface area contributed by atoms with Crippen LogP contribution in [-0.4, -0.2) is 35.6 Å². The van der Waals surface area contributed by atoms with Crippen LogP contribution in [-0.2, 0) is 4.74 Å². The number of ether oxygens (including phenoxy) is 1. The fourth-order valence-electron chi connectivity index (χ4n) is 1.68. The molecule has 0 aromatic carbocycles. The lowest BCUT2D eigenvalue weighted by atomic mass is 9.96. The summed E-state index contributed by atoms with van der Waals surface area (Å²) in [4.78, 5) is 0. The number of hydrogen-bond acceptors (Lipinski definition) is 3. The molecule has 3 nitrogen and oxygen atoms in total. The standard InChI is InChI=1S/C12H20O3.5CH4/c1-2-10(6-4-3-5-7-13)8-11-12(9-14)15-11;;;;;/h2-3,5,10-14H,1,4,6-9H2;5*1H4/b5-3-;;;;;. The van der Waals surface area contributed by atoms with Gasteiger partial charge in [0.2, 0.25) is 0 Å². The topological polar surface area (TPSA) is 53.0 Å². The number of hydrogen-bond donors (Lipinski definition) is 2. The van der Waals surface area contributed by atoms with Gasteiger partial charge < -0.3 is 14.9 Å². The minimum atomic E-state index is 0. The molecule has 0 aliphatic carbocycles. The summed E-state index contributed by atoms with van der Waals surface area (Å²) >= 11 is 0. The molecule has 1 heterocycles. The Morgan fingerprint density at radius 3 is 2.00 bits per heavy atom. The number of rotatable bonds is 8. The van der Waals surface area contributed by atoms with Gasteiger partial charge in [0.05, 0.1) is 19.3 Å². The number of aliphatic hydroxyl groups excluding tert-OH is 2. The van der Waals surface area contributed by atoms with E-state index < -0.39 is 0 Å². The van der Waals surface area contributed by atoms with Crippen LogP contribution >= 0.6 is 0 Å². The number of allylic oxidation sites excluding steroid dienone is 2. The van der Waals surface area contributed by atoms with Crippen molar-refractivity contribution in [2.24, 2.45) is 5.92 Å².